The third kappa shape index (κ3) is 3.95. The molecule has 2 N–H and O–H groups in total. The number of likely N-dealkylation sites (tertiary alicyclic amines) is 1. The van der Waals surface area contributed by atoms with Crippen LogP contribution in [0.2, 0.25) is 0 Å². The molecular weight excluding hydrogens is 418 g/mol. The predicted molar refractivity (Wildman–Crippen MR) is 114 cm³/mol. The van der Waals surface area contributed by atoms with Crippen molar-refractivity contribution in [2.24, 2.45) is 11.8 Å². The lowest BCUT2D eigenvalue weighted by Gasteiger charge is -2.21. The van der Waals surface area contributed by atoms with Crippen molar-refractivity contribution in [2.75, 3.05) is 13.2 Å². The smallest absolute Gasteiger partial charge is 0.321 e. The molecule has 4 atom stereocenters. The van der Waals surface area contributed by atoms with Crippen LogP contribution in [0, 0.1) is 18.8 Å². The average molecular weight is 444 g/mol. The van der Waals surface area contributed by atoms with Crippen LogP contribution in [-0.4, -0.2) is 52.0 Å². The summed E-state index contributed by atoms with van der Waals surface area (Å²) < 4.78 is 5.60. The second-order valence-electron chi connectivity index (χ2n) is 7.87. The zero-order valence-corrected chi connectivity index (χ0v) is 18.2. The maximum Gasteiger partial charge on any atom is 0.321 e. The maximum atomic E-state index is 13.2. The summed E-state index contributed by atoms with van der Waals surface area (Å²) in [7, 11) is 0. The molecule has 2 aliphatic rings. The molecule has 0 radical (unpaired) electrons. The van der Waals surface area contributed by atoms with Gasteiger partial charge >= 0.3 is 5.97 Å². The van der Waals surface area contributed by atoms with Crippen LogP contribution in [0.15, 0.2) is 29.8 Å². The molecule has 2 saturated heterocycles. The monoisotopic (exact) mass is 443 g/mol. The Labute approximate surface area is 184 Å². The number of nitrogens with one attached hydrogen (secondary N) is 1. The Balaban J connectivity index is 1.57. The summed E-state index contributed by atoms with van der Waals surface area (Å²) >= 11 is 1.49. The van der Waals surface area contributed by atoms with Gasteiger partial charge in [0.05, 0.1) is 29.6 Å². The summed E-state index contributed by atoms with van der Waals surface area (Å²) in [5, 5.41) is 12.7. The molecule has 4 rings (SSSR count). The summed E-state index contributed by atoms with van der Waals surface area (Å²) in [6.45, 7) is 4.75. The van der Waals surface area contributed by atoms with E-state index in [0.717, 1.165) is 22.6 Å². The number of carboxylic acids is 1. The van der Waals surface area contributed by atoms with Gasteiger partial charge < -0.3 is 9.84 Å². The third-order valence-electron chi connectivity index (χ3n) is 5.95. The minimum absolute atomic E-state index is 0.233. The molecule has 9 heteroatoms. The number of fused-ring (bicyclic) bond motifs is 1. The number of benzene rings is 1. The van der Waals surface area contributed by atoms with E-state index in [9.17, 15) is 19.5 Å². The number of thiazole rings is 1. The van der Waals surface area contributed by atoms with Gasteiger partial charge in [-0.3, -0.25) is 24.6 Å². The van der Waals surface area contributed by atoms with E-state index in [0.29, 0.717) is 18.8 Å². The molecule has 2 aliphatic heterocycles. The molecule has 3 heterocycles. The van der Waals surface area contributed by atoms with Crippen molar-refractivity contribution >= 4 is 29.1 Å². The fourth-order valence-electron chi connectivity index (χ4n) is 4.40. The van der Waals surface area contributed by atoms with Crippen LogP contribution >= 0.6 is 11.3 Å². The van der Waals surface area contributed by atoms with Crippen LogP contribution < -0.4 is 10.1 Å². The number of carboxylic acid groups (broad SMARTS) is 1. The number of imide groups is 1. The number of hydrogen-bond donors (Lipinski definition) is 2. The second kappa shape index (κ2) is 8.76. The number of carbonyl (C=O) groups is 3. The summed E-state index contributed by atoms with van der Waals surface area (Å²) in [6.07, 6.45) is 1.41. The average Bonchev–Trinajstić information content (AvgIpc) is 3.42. The Morgan fingerprint density at radius 1 is 1.23 bits per heavy atom. The highest BCUT2D eigenvalue weighted by Gasteiger charge is 2.60. The molecule has 2 amide bonds. The summed E-state index contributed by atoms with van der Waals surface area (Å²) in [4.78, 5) is 44.6. The Bertz CT molecular complexity index is 989. The van der Waals surface area contributed by atoms with Crippen LogP contribution in [0.3, 0.4) is 0 Å². The number of aliphatic carboxylic acids is 1. The molecule has 8 nitrogen and oxygen atoms in total. The largest absolute Gasteiger partial charge is 0.494 e. The molecular formula is C22H25N3O5S. The van der Waals surface area contributed by atoms with Gasteiger partial charge in [-0.2, -0.15) is 0 Å². The Morgan fingerprint density at radius 3 is 2.55 bits per heavy atom. The lowest BCUT2D eigenvalue weighted by atomic mass is 9.86. The first-order valence-electron chi connectivity index (χ1n) is 10.4. The van der Waals surface area contributed by atoms with Crippen LogP contribution in [-0.2, 0) is 20.8 Å². The van der Waals surface area contributed by atoms with E-state index in [1.165, 1.54) is 16.2 Å². The number of nitrogens with zero attached hydrogens (tertiary/aromatic N) is 2. The molecule has 4 unspecified atom stereocenters. The second-order valence-corrected chi connectivity index (χ2v) is 8.81. The van der Waals surface area contributed by atoms with Crippen LogP contribution in [0.25, 0.3) is 0 Å². The highest BCUT2D eigenvalue weighted by atomic mass is 32.1. The Morgan fingerprint density at radius 2 is 1.94 bits per heavy atom. The molecule has 0 aliphatic carbocycles. The molecule has 1 aromatic heterocycles. The van der Waals surface area contributed by atoms with Gasteiger partial charge in [0.25, 0.3) is 0 Å². The van der Waals surface area contributed by atoms with Crippen molar-refractivity contribution in [1.82, 2.24) is 15.2 Å². The van der Waals surface area contributed by atoms with Gasteiger partial charge in [-0.25, -0.2) is 4.98 Å². The van der Waals surface area contributed by atoms with Crippen molar-refractivity contribution in [1.29, 1.82) is 0 Å². The number of aromatic nitrogens is 1. The SMILES string of the molecule is CCCOc1ccc(C2NC(C(=O)O)C3C(=O)N(CCc4scnc4C)C(=O)C23)cc1. The summed E-state index contributed by atoms with van der Waals surface area (Å²) in [5.41, 5.74) is 3.39. The van der Waals surface area contributed by atoms with E-state index in [2.05, 4.69) is 10.3 Å². The highest BCUT2D eigenvalue weighted by molar-refractivity contribution is 7.09. The summed E-state index contributed by atoms with van der Waals surface area (Å²) in [5.74, 6) is -2.79. The van der Waals surface area contributed by atoms with E-state index < -0.39 is 35.8 Å². The fourth-order valence-corrected chi connectivity index (χ4v) is 5.17. The molecule has 164 valence electrons. The van der Waals surface area contributed by atoms with Gasteiger partial charge in [0.1, 0.15) is 11.8 Å². The van der Waals surface area contributed by atoms with Crippen molar-refractivity contribution in [3.63, 3.8) is 0 Å². The third-order valence-corrected chi connectivity index (χ3v) is 6.95. The van der Waals surface area contributed by atoms with E-state index in [1.807, 2.05) is 26.0 Å². The first-order valence-corrected chi connectivity index (χ1v) is 11.3. The number of hydrogen-bond acceptors (Lipinski definition) is 7. The van der Waals surface area contributed by atoms with Gasteiger partial charge in [0, 0.05) is 23.9 Å². The van der Waals surface area contributed by atoms with E-state index in [1.54, 1.807) is 17.6 Å². The lowest BCUT2D eigenvalue weighted by Crippen LogP contribution is -2.43. The van der Waals surface area contributed by atoms with E-state index >= 15 is 0 Å². The predicted octanol–water partition coefficient (Wildman–Crippen LogP) is 2.18. The van der Waals surface area contributed by atoms with Crippen LogP contribution in [0.4, 0.5) is 0 Å². The number of ether oxygens (including phenoxy) is 1. The van der Waals surface area contributed by atoms with Crippen molar-refractivity contribution in [3.05, 3.63) is 45.9 Å². The van der Waals surface area contributed by atoms with Gasteiger partial charge in [-0.15, -0.1) is 11.3 Å². The zero-order valence-electron chi connectivity index (χ0n) is 17.4. The normalized spacial score (nSPS) is 25.2. The first kappa shape index (κ1) is 21.5. The molecule has 31 heavy (non-hydrogen) atoms. The van der Waals surface area contributed by atoms with Crippen molar-refractivity contribution in [3.8, 4) is 5.75 Å². The Hall–Kier alpha value is -2.78. The molecule has 2 fully saturated rings. The molecule has 0 bridgehead atoms. The Kier molecular flexibility index (Phi) is 6.06. The van der Waals surface area contributed by atoms with Crippen molar-refractivity contribution in [2.45, 2.75) is 38.8 Å². The fraction of sp³-hybridized carbons (Fsp3) is 0.455. The lowest BCUT2D eigenvalue weighted by molar-refractivity contribution is -0.146. The van der Waals surface area contributed by atoms with Crippen LogP contribution in [0.1, 0.15) is 35.5 Å². The number of amides is 2. The maximum absolute atomic E-state index is 13.2. The van der Waals surface area contributed by atoms with Gasteiger partial charge in [0.15, 0.2) is 0 Å². The van der Waals surface area contributed by atoms with Crippen molar-refractivity contribution < 1.29 is 24.2 Å². The highest BCUT2D eigenvalue weighted by Crippen LogP contribution is 2.44. The van der Waals surface area contributed by atoms with E-state index in [4.69, 9.17) is 4.74 Å². The number of aryl methyl sites for hydroxylation is 1. The quantitative estimate of drug-likeness (QED) is 0.602. The molecule has 2 aromatic rings. The molecule has 1 aromatic carbocycles. The first-order chi connectivity index (χ1) is 14.9. The van der Waals surface area contributed by atoms with Crippen LogP contribution in [0.5, 0.6) is 5.75 Å². The van der Waals surface area contributed by atoms with Gasteiger partial charge in [0.2, 0.25) is 11.8 Å². The topological polar surface area (TPSA) is 109 Å². The minimum atomic E-state index is -1.12. The minimum Gasteiger partial charge on any atom is -0.494 e. The van der Waals surface area contributed by atoms with Gasteiger partial charge in [-0.1, -0.05) is 19.1 Å². The number of carbonyl (C=O) groups excluding carboxylic acids is 2. The zero-order chi connectivity index (χ0) is 22.1. The van der Waals surface area contributed by atoms with Gasteiger partial charge in [-0.05, 0) is 31.0 Å². The number of rotatable bonds is 8. The standard InChI is InChI=1S/C22H25N3O5S/c1-3-10-30-14-6-4-13(5-7-14)18-16-17(19(24-18)22(28)29)21(27)25(20(16)26)9-8-15-12(2)23-11-31-15/h4-7,11,16-19,24H,3,8-10H2,1-2H3,(H,28,29). The molecule has 0 spiro atoms. The summed E-state index contributed by atoms with van der Waals surface area (Å²) in [6, 6.07) is 5.62. The molecule has 0 saturated carbocycles. The van der Waals surface area contributed by atoms with E-state index in [-0.39, 0.29) is 12.5 Å².